The maximum Gasteiger partial charge on any atom is 0.0681 e. The van der Waals surface area contributed by atoms with E-state index < -0.39 is 0 Å². The zero-order chi connectivity index (χ0) is 14.7. The summed E-state index contributed by atoms with van der Waals surface area (Å²) in [5.74, 6) is 0.750. The van der Waals surface area contributed by atoms with Crippen LogP contribution in [0, 0.1) is 12.8 Å². The standard InChI is InChI=1S/C18H23NOS/c1-14-5-6-18(21-14)12-19-8-7-16(11-19)9-15-3-2-4-17(10-15)13-20/h2-6,10,16,20H,7-9,11-13H2,1H3/t16-/m1/s1. The molecule has 21 heavy (non-hydrogen) atoms. The number of aliphatic hydroxyl groups is 1. The maximum atomic E-state index is 9.22. The van der Waals surface area contributed by atoms with Gasteiger partial charge in [-0.1, -0.05) is 24.3 Å². The predicted molar refractivity (Wildman–Crippen MR) is 88.5 cm³/mol. The minimum Gasteiger partial charge on any atom is -0.392 e. The van der Waals surface area contributed by atoms with Gasteiger partial charge in [-0.3, -0.25) is 4.90 Å². The van der Waals surface area contributed by atoms with Gasteiger partial charge < -0.3 is 5.11 Å². The Hall–Kier alpha value is -1.16. The Labute approximate surface area is 131 Å². The highest BCUT2D eigenvalue weighted by molar-refractivity contribution is 7.11. The fourth-order valence-electron chi connectivity index (χ4n) is 3.20. The van der Waals surface area contributed by atoms with E-state index in [1.165, 1.54) is 34.8 Å². The van der Waals surface area contributed by atoms with Crippen molar-refractivity contribution in [2.75, 3.05) is 13.1 Å². The molecule has 2 nitrogen and oxygen atoms in total. The first-order valence-electron chi connectivity index (χ1n) is 7.69. The van der Waals surface area contributed by atoms with Crippen LogP contribution in [-0.4, -0.2) is 23.1 Å². The molecule has 0 bridgehead atoms. The highest BCUT2D eigenvalue weighted by Gasteiger charge is 2.22. The van der Waals surface area contributed by atoms with Crippen molar-refractivity contribution < 1.29 is 5.11 Å². The summed E-state index contributed by atoms with van der Waals surface area (Å²) in [7, 11) is 0. The first-order valence-corrected chi connectivity index (χ1v) is 8.51. The molecule has 1 fully saturated rings. The molecule has 1 aliphatic rings. The lowest BCUT2D eigenvalue weighted by molar-refractivity contribution is 0.281. The summed E-state index contributed by atoms with van der Waals surface area (Å²) < 4.78 is 0. The molecule has 3 rings (SSSR count). The Morgan fingerprint density at radius 2 is 2.10 bits per heavy atom. The molecule has 0 amide bonds. The van der Waals surface area contributed by atoms with Crippen LogP contribution in [0.3, 0.4) is 0 Å². The summed E-state index contributed by atoms with van der Waals surface area (Å²) >= 11 is 1.92. The molecule has 0 aliphatic carbocycles. The van der Waals surface area contributed by atoms with Crippen molar-refractivity contribution in [1.82, 2.24) is 4.90 Å². The number of likely N-dealkylation sites (tertiary alicyclic amines) is 1. The second-order valence-corrected chi connectivity index (χ2v) is 7.46. The molecule has 112 valence electrons. The molecule has 0 spiro atoms. The Morgan fingerprint density at radius 3 is 2.86 bits per heavy atom. The molecule has 2 aromatic rings. The molecule has 1 saturated heterocycles. The fourth-order valence-corrected chi connectivity index (χ4v) is 4.13. The summed E-state index contributed by atoms with van der Waals surface area (Å²) in [6.07, 6.45) is 2.42. The molecule has 3 heteroatoms. The minimum absolute atomic E-state index is 0.141. The molecule has 0 saturated carbocycles. The largest absolute Gasteiger partial charge is 0.392 e. The van der Waals surface area contributed by atoms with E-state index in [4.69, 9.17) is 0 Å². The molecule has 1 atom stereocenters. The van der Waals surface area contributed by atoms with Crippen molar-refractivity contribution in [3.05, 3.63) is 57.3 Å². The Balaban J connectivity index is 1.54. The third-order valence-electron chi connectivity index (χ3n) is 4.24. The van der Waals surface area contributed by atoms with E-state index >= 15 is 0 Å². The van der Waals surface area contributed by atoms with E-state index in [-0.39, 0.29) is 6.61 Å². The average molecular weight is 301 g/mol. The number of aryl methyl sites for hydroxylation is 1. The van der Waals surface area contributed by atoms with Crippen LogP contribution in [0.5, 0.6) is 0 Å². The summed E-state index contributed by atoms with van der Waals surface area (Å²) in [4.78, 5) is 5.46. The van der Waals surface area contributed by atoms with Gasteiger partial charge in [0.2, 0.25) is 0 Å². The maximum absolute atomic E-state index is 9.22. The fraction of sp³-hybridized carbons (Fsp3) is 0.444. The van der Waals surface area contributed by atoms with E-state index in [0.29, 0.717) is 0 Å². The average Bonchev–Trinajstić information content (AvgIpc) is 3.09. The van der Waals surface area contributed by atoms with Gasteiger partial charge in [0.05, 0.1) is 6.61 Å². The second-order valence-electron chi connectivity index (χ2n) is 6.08. The topological polar surface area (TPSA) is 23.5 Å². The lowest BCUT2D eigenvalue weighted by atomic mass is 9.97. The van der Waals surface area contributed by atoms with Crippen LogP contribution >= 0.6 is 11.3 Å². The highest BCUT2D eigenvalue weighted by atomic mass is 32.1. The quantitative estimate of drug-likeness (QED) is 0.912. The van der Waals surface area contributed by atoms with Crippen molar-refractivity contribution >= 4 is 11.3 Å². The van der Waals surface area contributed by atoms with Gasteiger partial charge in [0.1, 0.15) is 0 Å². The van der Waals surface area contributed by atoms with Gasteiger partial charge in [-0.25, -0.2) is 0 Å². The number of hydrogen-bond acceptors (Lipinski definition) is 3. The first-order chi connectivity index (χ1) is 10.2. The number of hydrogen-bond donors (Lipinski definition) is 1. The Bertz CT molecular complexity index is 592. The van der Waals surface area contributed by atoms with Crippen molar-refractivity contribution in [3.63, 3.8) is 0 Å². The van der Waals surface area contributed by atoms with Crippen LogP contribution in [0.2, 0.25) is 0 Å². The van der Waals surface area contributed by atoms with Crippen LogP contribution < -0.4 is 0 Å². The van der Waals surface area contributed by atoms with E-state index in [0.717, 1.165) is 24.4 Å². The molecule has 1 N–H and O–H groups in total. The lowest BCUT2D eigenvalue weighted by Crippen LogP contribution is -2.20. The number of thiophene rings is 1. The third kappa shape index (κ3) is 3.94. The van der Waals surface area contributed by atoms with Crippen molar-refractivity contribution in [2.45, 2.75) is 32.9 Å². The van der Waals surface area contributed by atoms with Crippen LogP contribution in [0.25, 0.3) is 0 Å². The van der Waals surface area contributed by atoms with E-state index in [1.54, 1.807) is 0 Å². The van der Waals surface area contributed by atoms with Crippen molar-refractivity contribution in [3.8, 4) is 0 Å². The SMILES string of the molecule is Cc1ccc(CN2CC[C@H](Cc3cccc(CO)c3)C2)s1. The third-order valence-corrected chi connectivity index (χ3v) is 5.23. The van der Waals surface area contributed by atoms with Crippen molar-refractivity contribution in [2.24, 2.45) is 5.92 Å². The van der Waals surface area contributed by atoms with Gasteiger partial charge in [-0.05, 0) is 55.5 Å². The van der Waals surface area contributed by atoms with E-state index in [1.807, 2.05) is 17.4 Å². The first kappa shape index (κ1) is 14.8. The number of nitrogens with zero attached hydrogens (tertiary/aromatic N) is 1. The summed E-state index contributed by atoms with van der Waals surface area (Å²) in [5.41, 5.74) is 2.39. The smallest absolute Gasteiger partial charge is 0.0681 e. The Kier molecular flexibility index (Phi) is 4.73. The second kappa shape index (κ2) is 6.73. The molecule has 0 radical (unpaired) electrons. The summed E-state index contributed by atoms with van der Waals surface area (Å²) in [6.45, 7) is 5.82. The lowest BCUT2D eigenvalue weighted by Gasteiger charge is -2.15. The van der Waals surface area contributed by atoms with Crippen LogP contribution in [0.15, 0.2) is 36.4 Å². The Morgan fingerprint density at radius 1 is 1.24 bits per heavy atom. The predicted octanol–water partition coefficient (Wildman–Crippen LogP) is 3.61. The van der Waals surface area contributed by atoms with Gasteiger partial charge in [0.15, 0.2) is 0 Å². The van der Waals surface area contributed by atoms with Gasteiger partial charge in [-0.2, -0.15) is 0 Å². The highest BCUT2D eigenvalue weighted by Crippen LogP contribution is 2.25. The zero-order valence-corrected chi connectivity index (χ0v) is 13.4. The molecular formula is C18H23NOS. The molecule has 2 heterocycles. The number of aliphatic hydroxyl groups excluding tert-OH is 1. The van der Waals surface area contributed by atoms with Crippen LogP contribution in [-0.2, 0) is 19.6 Å². The molecule has 1 aromatic carbocycles. The van der Waals surface area contributed by atoms with Crippen LogP contribution in [0.4, 0.5) is 0 Å². The van der Waals surface area contributed by atoms with E-state index in [2.05, 4.69) is 42.2 Å². The van der Waals surface area contributed by atoms with Gasteiger partial charge in [0, 0.05) is 22.8 Å². The normalized spacial score (nSPS) is 19.2. The molecule has 1 aromatic heterocycles. The van der Waals surface area contributed by atoms with Crippen molar-refractivity contribution in [1.29, 1.82) is 0 Å². The van der Waals surface area contributed by atoms with Crippen LogP contribution in [0.1, 0.15) is 27.3 Å². The van der Waals surface area contributed by atoms with Gasteiger partial charge in [-0.15, -0.1) is 11.3 Å². The molecule has 1 aliphatic heterocycles. The zero-order valence-electron chi connectivity index (χ0n) is 12.6. The molecule has 0 unspecified atom stereocenters. The minimum atomic E-state index is 0.141. The summed E-state index contributed by atoms with van der Waals surface area (Å²) in [6, 6.07) is 12.9. The number of rotatable bonds is 5. The number of benzene rings is 1. The summed E-state index contributed by atoms with van der Waals surface area (Å²) in [5, 5.41) is 9.22. The monoisotopic (exact) mass is 301 g/mol. The van der Waals surface area contributed by atoms with Gasteiger partial charge >= 0.3 is 0 Å². The van der Waals surface area contributed by atoms with E-state index in [9.17, 15) is 5.11 Å². The molecular weight excluding hydrogens is 278 g/mol. The van der Waals surface area contributed by atoms with Gasteiger partial charge in [0.25, 0.3) is 0 Å².